The third-order valence-electron chi connectivity index (χ3n) is 3.88. The van der Waals surface area contributed by atoms with Crippen LogP contribution in [-0.2, 0) is 10.0 Å². The van der Waals surface area contributed by atoms with Crippen molar-refractivity contribution in [3.63, 3.8) is 0 Å². The normalized spacial score (nSPS) is 11.2. The van der Waals surface area contributed by atoms with E-state index in [-0.39, 0.29) is 10.7 Å². The summed E-state index contributed by atoms with van der Waals surface area (Å²) in [5.41, 5.74) is 4.19. The van der Waals surface area contributed by atoms with E-state index in [1.54, 1.807) is 36.4 Å². The summed E-state index contributed by atoms with van der Waals surface area (Å²) >= 11 is 0. The molecule has 1 heterocycles. The highest BCUT2D eigenvalue weighted by molar-refractivity contribution is 7.92. The molecule has 0 amide bonds. The molecular weight excluding hydrogens is 348 g/mol. The number of aryl methyl sites for hydroxylation is 3. The molecule has 134 valence electrons. The molecule has 6 nitrogen and oxygen atoms in total. The van der Waals surface area contributed by atoms with Gasteiger partial charge in [0.2, 0.25) is 0 Å². The molecule has 0 aliphatic rings. The molecule has 0 saturated carbocycles. The monoisotopic (exact) mass is 368 g/mol. The molecule has 0 aliphatic heterocycles. The highest BCUT2D eigenvalue weighted by Gasteiger charge is 2.14. The van der Waals surface area contributed by atoms with Crippen molar-refractivity contribution in [3.8, 4) is 0 Å². The number of nitrogens with zero attached hydrogens (tertiary/aromatic N) is 2. The summed E-state index contributed by atoms with van der Waals surface area (Å²) in [6.45, 7) is 5.94. The third-order valence-corrected chi connectivity index (χ3v) is 5.25. The van der Waals surface area contributed by atoms with Crippen LogP contribution in [0.4, 0.5) is 17.3 Å². The first-order valence-corrected chi connectivity index (χ1v) is 9.59. The van der Waals surface area contributed by atoms with Crippen molar-refractivity contribution in [1.29, 1.82) is 0 Å². The van der Waals surface area contributed by atoms with Crippen molar-refractivity contribution >= 4 is 27.3 Å². The average Bonchev–Trinajstić information content (AvgIpc) is 2.59. The minimum atomic E-state index is -3.69. The van der Waals surface area contributed by atoms with Gasteiger partial charge in [0.1, 0.15) is 0 Å². The number of sulfonamides is 1. The van der Waals surface area contributed by atoms with Gasteiger partial charge in [0.15, 0.2) is 11.6 Å². The first kappa shape index (κ1) is 17.9. The summed E-state index contributed by atoms with van der Waals surface area (Å²) in [4.78, 5) is 0.183. The van der Waals surface area contributed by atoms with Crippen LogP contribution in [0.3, 0.4) is 0 Å². The van der Waals surface area contributed by atoms with Gasteiger partial charge in [-0.1, -0.05) is 35.4 Å². The predicted molar refractivity (Wildman–Crippen MR) is 103 cm³/mol. The average molecular weight is 368 g/mol. The standard InChI is InChI=1S/C19H20N4O2S/c1-13-4-7-16(8-5-13)26(24,25)23-19-11-10-18(21-22-19)20-17-9-6-14(2)12-15(17)3/h4-12H,1-3H3,(H,20,21)(H,22,23). The lowest BCUT2D eigenvalue weighted by Crippen LogP contribution is -2.14. The third kappa shape index (κ3) is 4.18. The second-order valence-corrected chi connectivity index (χ2v) is 7.85. The highest BCUT2D eigenvalue weighted by atomic mass is 32.2. The molecule has 0 bridgehead atoms. The van der Waals surface area contributed by atoms with Gasteiger partial charge in [-0.3, -0.25) is 4.72 Å². The number of benzene rings is 2. The molecule has 0 atom stereocenters. The molecular formula is C19H20N4O2S. The second kappa shape index (κ2) is 7.13. The Morgan fingerprint density at radius 3 is 2.00 bits per heavy atom. The van der Waals surface area contributed by atoms with Crippen LogP contribution < -0.4 is 10.0 Å². The van der Waals surface area contributed by atoms with Crippen molar-refractivity contribution in [2.24, 2.45) is 0 Å². The van der Waals surface area contributed by atoms with E-state index in [1.165, 1.54) is 5.56 Å². The number of hydrogen-bond donors (Lipinski definition) is 2. The lowest BCUT2D eigenvalue weighted by atomic mass is 10.1. The van der Waals surface area contributed by atoms with Crippen LogP contribution in [0.25, 0.3) is 0 Å². The molecule has 0 fully saturated rings. The second-order valence-electron chi connectivity index (χ2n) is 6.17. The Morgan fingerprint density at radius 1 is 0.769 bits per heavy atom. The fourth-order valence-electron chi connectivity index (χ4n) is 2.46. The first-order chi connectivity index (χ1) is 12.3. The van der Waals surface area contributed by atoms with Crippen molar-refractivity contribution in [2.45, 2.75) is 25.7 Å². The zero-order valence-corrected chi connectivity index (χ0v) is 15.6. The van der Waals surface area contributed by atoms with E-state index in [2.05, 4.69) is 26.3 Å². The van der Waals surface area contributed by atoms with Gasteiger partial charge in [0.05, 0.1) is 4.90 Å². The van der Waals surface area contributed by atoms with E-state index in [9.17, 15) is 8.42 Å². The molecule has 3 aromatic rings. The molecule has 2 N–H and O–H groups in total. The maximum atomic E-state index is 12.4. The summed E-state index contributed by atoms with van der Waals surface area (Å²) < 4.78 is 27.2. The van der Waals surface area contributed by atoms with Gasteiger partial charge in [-0.15, -0.1) is 10.2 Å². The van der Waals surface area contributed by atoms with E-state index in [1.807, 2.05) is 32.9 Å². The summed E-state index contributed by atoms with van der Waals surface area (Å²) in [5, 5.41) is 11.2. The van der Waals surface area contributed by atoms with Crippen LogP contribution in [0, 0.1) is 20.8 Å². The molecule has 1 aromatic heterocycles. The van der Waals surface area contributed by atoms with Gasteiger partial charge >= 0.3 is 0 Å². The van der Waals surface area contributed by atoms with Crippen LogP contribution in [0.2, 0.25) is 0 Å². The van der Waals surface area contributed by atoms with Gasteiger partial charge < -0.3 is 5.32 Å². The number of aromatic nitrogens is 2. The Bertz CT molecular complexity index is 1010. The van der Waals surface area contributed by atoms with Crippen molar-refractivity contribution in [2.75, 3.05) is 10.0 Å². The molecule has 0 saturated heterocycles. The van der Waals surface area contributed by atoms with Crippen molar-refractivity contribution in [1.82, 2.24) is 10.2 Å². The number of nitrogens with one attached hydrogen (secondary N) is 2. The molecule has 0 unspecified atom stereocenters. The minimum absolute atomic E-state index is 0.164. The predicted octanol–water partition coefficient (Wildman–Crippen LogP) is 3.95. The van der Waals surface area contributed by atoms with E-state index in [4.69, 9.17) is 0 Å². The molecule has 0 radical (unpaired) electrons. The number of rotatable bonds is 5. The van der Waals surface area contributed by atoms with Crippen LogP contribution in [0.15, 0.2) is 59.5 Å². The molecule has 0 aliphatic carbocycles. The largest absolute Gasteiger partial charge is 0.339 e. The van der Waals surface area contributed by atoms with Gasteiger partial charge in [0, 0.05) is 5.69 Å². The smallest absolute Gasteiger partial charge is 0.263 e. The van der Waals surface area contributed by atoms with Gasteiger partial charge in [-0.05, 0) is 56.7 Å². The van der Waals surface area contributed by atoms with Crippen LogP contribution in [-0.4, -0.2) is 18.6 Å². The Balaban J connectivity index is 1.74. The summed E-state index contributed by atoms with van der Waals surface area (Å²) in [5.74, 6) is 0.701. The SMILES string of the molecule is Cc1ccc(S(=O)(=O)Nc2ccc(Nc3ccc(C)cc3C)nn2)cc1. The number of anilines is 3. The van der Waals surface area contributed by atoms with Crippen molar-refractivity contribution in [3.05, 3.63) is 71.3 Å². The molecule has 0 spiro atoms. The van der Waals surface area contributed by atoms with Gasteiger partial charge in [-0.25, -0.2) is 8.42 Å². The zero-order chi connectivity index (χ0) is 18.7. The summed E-state index contributed by atoms with van der Waals surface area (Å²) in [7, 11) is -3.69. The van der Waals surface area contributed by atoms with Gasteiger partial charge in [0.25, 0.3) is 10.0 Å². The first-order valence-electron chi connectivity index (χ1n) is 8.11. The van der Waals surface area contributed by atoms with E-state index in [0.717, 1.165) is 16.8 Å². The molecule has 26 heavy (non-hydrogen) atoms. The number of hydrogen-bond acceptors (Lipinski definition) is 5. The van der Waals surface area contributed by atoms with Gasteiger partial charge in [-0.2, -0.15) is 0 Å². The van der Waals surface area contributed by atoms with E-state index >= 15 is 0 Å². The summed E-state index contributed by atoms with van der Waals surface area (Å²) in [6.07, 6.45) is 0. The Kier molecular flexibility index (Phi) is 4.90. The molecule has 7 heteroatoms. The molecule has 3 rings (SSSR count). The van der Waals surface area contributed by atoms with Crippen molar-refractivity contribution < 1.29 is 8.42 Å². The highest BCUT2D eigenvalue weighted by Crippen LogP contribution is 2.21. The van der Waals surface area contributed by atoms with Crippen LogP contribution in [0.1, 0.15) is 16.7 Å². The van der Waals surface area contributed by atoms with Crippen LogP contribution in [0.5, 0.6) is 0 Å². The Hall–Kier alpha value is -2.93. The van der Waals surface area contributed by atoms with E-state index in [0.29, 0.717) is 5.82 Å². The minimum Gasteiger partial charge on any atom is -0.339 e. The molecule has 2 aromatic carbocycles. The lowest BCUT2D eigenvalue weighted by molar-refractivity contribution is 0.601. The zero-order valence-electron chi connectivity index (χ0n) is 14.8. The fourth-order valence-corrected chi connectivity index (χ4v) is 3.46. The maximum Gasteiger partial charge on any atom is 0.263 e. The lowest BCUT2D eigenvalue weighted by Gasteiger charge is -2.10. The maximum absolute atomic E-state index is 12.4. The topological polar surface area (TPSA) is 84.0 Å². The Labute approximate surface area is 153 Å². The summed E-state index contributed by atoms with van der Waals surface area (Å²) in [6, 6.07) is 15.9. The quantitative estimate of drug-likeness (QED) is 0.712. The van der Waals surface area contributed by atoms with Crippen LogP contribution >= 0.6 is 0 Å². The van der Waals surface area contributed by atoms with E-state index < -0.39 is 10.0 Å². The fraction of sp³-hybridized carbons (Fsp3) is 0.158. The Morgan fingerprint density at radius 2 is 1.38 bits per heavy atom.